The van der Waals surface area contributed by atoms with Crippen LogP contribution in [0.2, 0.25) is 5.02 Å². The Balaban J connectivity index is 1.64. The van der Waals surface area contributed by atoms with Gasteiger partial charge in [0.1, 0.15) is 5.56 Å². The summed E-state index contributed by atoms with van der Waals surface area (Å²) in [6, 6.07) is 17.0. The van der Waals surface area contributed by atoms with Crippen LogP contribution < -0.4 is 5.56 Å². The highest BCUT2D eigenvalue weighted by Gasteiger charge is 2.31. The van der Waals surface area contributed by atoms with Gasteiger partial charge in [-0.3, -0.25) is 9.59 Å². The number of aromatic amines is 1. The Hall–Kier alpha value is -2.59. The van der Waals surface area contributed by atoms with Crippen LogP contribution >= 0.6 is 11.6 Å². The number of aromatic nitrogens is 1. The summed E-state index contributed by atoms with van der Waals surface area (Å²) < 4.78 is 0. The standard InChI is InChI=1S/C21H19ClN2O2/c22-18-9-3-1-6-14(18)12-16-8-5-11-24(16)21(26)17-13-15-7-2-4-10-19(15)23-20(17)25/h1-4,6-7,9-10,13,16H,5,8,11-12H2,(H,23,25). The number of rotatable bonds is 3. The smallest absolute Gasteiger partial charge is 0.261 e. The second kappa shape index (κ2) is 6.96. The number of para-hydroxylation sites is 1. The van der Waals surface area contributed by atoms with Gasteiger partial charge >= 0.3 is 0 Å². The molecule has 1 aliphatic rings. The molecule has 4 rings (SSSR count). The average Bonchev–Trinajstić information content (AvgIpc) is 3.10. The zero-order valence-corrected chi connectivity index (χ0v) is 15.0. The van der Waals surface area contributed by atoms with Crippen molar-refractivity contribution in [3.63, 3.8) is 0 Å². The number of fused-ring (bicyclic) bond motifs is 1. The molecular formula is C21H19ClN2O2. The van der Waals surface area contributed by atoms with Gasteiger partial charge in [-0.1, -0.05) is 48.0 Å². The van der Waals surface area contributed by atoms with Crippen LogP contribution in [0.25, 0.3) is 10.9 Å². The average molecular weight is 367 g/mol. The number of nitrogens with zero attached hydrogens (tertiary/aromatic N) is 1. The predicted octanol–water partition coefficient (Wildman–Crippen LogP) is 4.03. The van der Waals surface area contributed by atoms with Gasteiger partial charge in [0.15, 0.2) is 0 Å². The predicted molar refractivity (Wildman–Crippen MR) is 104 cm³/mol. The third-order valence-electron chi connectivity index (χ3n) is 5.04. The number of halogens is 1. The molecule has 26 heavy (non-hydrogen) atoms. The third-order valence-corrected chi connectivity index (χ3v) is 5.40. The first-order valence-corrected chi connectivity index (χ1v) is 9.18. The van der Waals surface area contributed by atoms with Gasteiger partial charge in [-0.2, -0.15) is 0 Å². The van der Waals surface area contributed by atoms with Crippen LogP contribution in [0.1, 0.15) is 28.8 Å². The number of nitrogens with one attached hydrogen (secondary N) is 1. The van der Waals surface area contributed by atoms with Crippen molar-refractivity contribution in [3.8, 4) is 0 Å². The molecule has 2 heterocycles. The van der Waals surface area contributed by atoms with E-state index in [9.17, 15) is 9.59 Å². The second-order valence-corrected chi connectivity index (χ2v) is 7.10. The zero-order chi connectivity index (χ0) is 18.1. The molecule has 1 saturated heterocycles. The highest BCUT2D eigenvalue weighted by Crippen LogP contribution is 2.26. The van der Waals surface area contributed by atoms with Crippen molar-refractivity contribution in [2.75, 3.05) is 6.54 Å². The van der Waals surface area contributed by atoms with E-state index in [0.29, 0.717) is 13.0 Å². The molecule has 132 valence electrons. The maximum Gasteiger partial charge on any atom is 0.261 e. The molecule has 0 spiro atoms. The molecule has 1 aromatic heterocycles. The number of hydrogen-bond acceptors (Lipinski definition) is 2. The van der Waals surface area contributed by atoms with E-state index in [4.69, 9.17) is 11.6 Å². The highest BCUT2D eigenvalue weighted by molar-refractivity contribution is 6.31. The minimum atomic E-state index is -0.336. The molecule has 4 nitrogen and oxygen atoms in total. The van der Waals surface area contributed by atoms with Gasteiger partial charge < -0.3 is 9.88 Å². The van der Waals surface area contributed by atoms with E-state index in [0.717, 1.165) is 34.3 Å². The van der Waals surface area contributed by atoms with Gasteiger partial charge in [-0.25, -0.2) is 0 Å². The van der Waals surface area contributed by atoms with Crippen molar-refractivity contribution >= 4 is 28.4 Å². The Bertz CT molecular complexity index is 1030. The van der Waals surface area contributed by atoms with E-state index >= 15 is 0 Å². The van der Waals surface area contributed by atoms with Gasteiger partial charge in [0.05, 0.1) is 0 Å². The van der Waals surface area contributed by atoms with Crippen molar-refractivity contribution in [2.24, 2.45) is 0 Å². The summed E-state index contributed by atoms with van der Waals surface area (Å²) in [6.45, 7) is 0.667. The first-order chi connectivity index (χ1) is 12.6. The number of amides is 1. The monoisotopic (exact) mass is 366 g/mol. The summed E-state index contributed by atoms with van der Waals surface area (Å²) in [5.41, 5.74) is 1.64. The van der Waals surface area contributed by atoms with Crippen molar-refractivity contribution in [3.05, 3.63) is 81.1 Å². The van der Waals surface area contributed by atoms with Gasteiger partial charge in [-0.15, -0.1) is 0 Å². The van der Waals surface area contributed by atoms with E-state index in [2.05, 4.69) is 4.98 Å². The van der Waals surface area contributed by atoms with Crippen molar-refractivity contribution in [1.82, 2.24) is 9.88 Å². The van der Waals surface area contributed by atoms with Crippen LogP contribution in [0.15, 0.2) is 59.4 Å². The van der Waals surface area contributed by atoms with Gasteiger partial charge in [0.25, 0.3) is 11.5 Å². The molecule has 1 atom stereocenters. The molecule has 0 saturated carbocycles. The lowest BCUT2D eigenvalue weighted by atomic mass is 10.0. The van der Waals surface area contributed by atoms with Crippen LogP contribution in [0.4, 0.5) is 0 Å². The summed E-state index contributed by atoms with van der Waals surface area (Å²) in [5, 5.41) is 1.58. The molecule has 1 N–H and O–H groups in total. The summed E-state index contributed by atoms with van der Waals surface area (Å²) in [4.78, 5) is 30.1. The van der Waals surface area contributed by atoms with E-state index < -0.39 is 0 Å². The fraction of sp³-hybridized carbons (Fsp3) is 0.238. The lowest BCUT2D eigenvalue weighted by molar-refractivity contribution is 0.0735. The van der Waals surface area contributed by atoms with E-state index in [1.54, 1.807) is 6.07 Å². The summed E-state index contributed by atoms with van der Waals surface area (Å²) in [5.74, 6) is -0.202. The molecule has 0 bridgehead atoms. The summed E-state index contributed by atoms with van der Waals surface area (Å²) in [6.07, 6.45) is 2.56. The second-order valence-electron chi connectivity index (χ2n) is 6.69. The topological polar surface area (TPSA) is 53.2 Å². The molecule has 0 aliphatic carbocycles. The number of carbonyl (C=O) groups excluding carboxylic acids is 1. The normalized spacial score (nSPS) is 17.0. The Morgan fingerprint density at radius 2 is 1.92 bits per heavy atom. The lowest BCUT2D eigenvalue weighted by Crippen LogP contribution is -2.39. The maximum absolute atomic E-state index is 13.1. The van der Waals surface area contributed by atoms with Gasteiger partial charge in [-0.05, 0) is 48.4 Å². The van der Waals surface area contributed by atoms with E-state index in [1.165, 1.54) is 0 Å². The van der Waals surface area contributed by atoms with Gasteiger partial charge in [0.2, 0.25) is 0 Å². The largest absolute Gasteiger partial charge is 0.335 e. The number of benzene rings is 2. The highest BCUT2D eigenvalue weighted by atomic mass is 35.5. The minimum Gasteiger partial charge on any atom is -0.335 e. The van der Waals surface area contributed by atoms with Crippen LogP contribution in [0.3, 0.4) is 0 Å². The number of carbonyl (C=O) groups is 1. The molecule has 1 aliphatic heterocycles. The molecule has 1 unspecified atom stereocenters. The summed E-state index contributed by atoms with van der Waals surface area (Å²) in [7, 11) is 0. The Kier molecular flexibility index (Phi) is 4.51. The fourth-order valence-corrected chi connectivity index (χ4v) is 3.91. The van der Waals surface area contributed by atoms with Crippen LogP contribution in [-0.2, 0) is 6.42 Å². The van der Waals surface area contributed by atoms with Crippen molar-refractivity contribution in [1.29, 1.82) is 0 Å². The minimum absolute atomic E-state index is 0.0632. The van der Waals surface area contributed by atoms with Crippen LogP contribution in [0.5, 0.6) is 0 Å². The first kappa shape index (κ1) is 16.9. The molecule has 5 heteroatoms. The van der Waals surface area contributed by atoms with Crippen LogP contribution in [0, 0.1) is 0 Å². The Labute approximate surface area is 156 Å². The first-order valence-electron chi connectivity index (χ1n) is 8.80. The van der Waals surface area contributed by atoms with E-state index in [1.807, 2.05) is 53.4 Å². The molecule has 0 radical (unpaired) electrons. The molecule has 2 aromatic carbocycles. The fourth-order valence-electron chi connectivity index (χ4n) is 3.69. The number of hydrogen-bond donors (Lipinski definition) is 1. The SMILES string of the molecule is O=C(c1cc2ccccc2[nH]c1=O)N1CCCC1Cc1ccccc1Cl. The quantitative estimate of drug-likeness (QED) is 0.760. The molecule has 1 amide bonds. The summed E-state index contributed by atoms with van der Waals surface area (Å²) >= 11 is 6.28. The Morgan fingerprint density at radius 1 is 1.15 bits per heavy atom. The number of H-pyrrole nitrogens is 1. The lowest BCUT2D eigenvalue weighted by Gasteiger charge is -2.25. The third kappa shape index (κ3) is 3.13. The molecule has 3 aromatic rings. The maximum atomic E-state index is 13.1. The van der Waals surface area contributed by atoms with Gasteiger partial charge in [0, 0.05) is 23.1 Å². The Morgan fingerprint density at radius 3 is 2.77 bits per heavy atom. The van der Waals surface area contributed by atoms with Crippen molar-refractivity contribution < 1.29 is 4.79 Å². The molecular weight excluding hydrogens is 348 g/mol. The number of pyridine rings is 1. The van der Waals surface area contributed by atoms with Crippen molar-refractivity contribution in [2.45, 2.75) is 25.3 Å². The molecule has 1 fully saturated rings. The van der Waals surface area contributed by atoms with E-state index in [-0.39, 0.29) is 23.1 Å². The van der Waals surface area contributed by atoms with Crippen LogP contribution in [-0.4, -0.2) is 28.4 Å². The number of likely N-dealkylation sites (tertiary alicyclic amines) is 1. The zero-order valence-electron chi connectivity index (χ0n) is 14.2.